The van der Waals surface area contributed by atoms with Gasteiger partial charge in [-0.3, -0.25) is 9.59 Å². The third kappa shape index (κ3) is 5.20. The number of rotatable bonds is 7. The average Bonchev–Trinajstić information content (AvgIpc) is 2.82. The Balaban J connectivity index is 1.63. The maximum Gasteiger partial charge on any atom is 0.264 e. The van der Waals surface area contributed by atoms with Crippen LogP contribution in [0.5, 0.6) is 0 Å². The number of fused-ring (bicyclic) bond motifs is 1. The number of benzene rings is 3. The van der Waals surface area contributed by atoms with Gasteiger partial charge in [0.2, 0.25) is 0 Å². The molecule has 0 radical (unpaired) electrons. The molecule has 4 rings (SSSR count). The van der Waals surface area contributed by atoms with E-state index < -0.39 is 5.91 Å². The first-order chi connectivity index (χ1) is 16.3. The lowest BCUT2D eigenvalue weighted by Gasteiger charge is -2.15. The predicted molar refractivity (Wildman–Crippen MR) is 135 cm³/mol. The number of pyridine rings is 1. The summed E-state index contributed by atoms with van der Waals surface area (Å²) in [7, 11) is 0. The van der Waals surface area contributed by atoms with Crippen LogP contribution in [-0.2, 0) is 13.0 Å². The lowest BCUT2D eigenvalue weighted by molar-refractivity contribution is 0.0952. The molecule has 0 atom stereocenters. The van der Waals surface area contributed by atoms with Crippen LogP contribution >= 0.6 is 11.6 Å². The summed E-state index contributed by atoms with van der Waals surface area (Å²) in [4.78, 5) is 26.4. The van der Waals surface area contributed by atoms with Crippen molar-refractivity contribution in [2.24, 2.45) is 0 Å². The van der Waals surface area contributed by atoms with Crippen LogP contribution in [0, 0.1) is 5.82 Å². The fourth-order valence-electron chi connectivity index (χ4n) is 3.94. The molecule has 6 heteroatoms. The Morgan fingerprint density at radius 3 is 2.35 bits per heavy atom. The number of nitrogens with one attached hydrogen (secondary N) is 1. The molecule has 0 saturated carbocycles. The molecule has 0 bridgehead atoms. The van der Waals surface area contributed by atoms with Gasteiger partial charge < -0.3 is 9.88 Å². The van der Waals surface area contributed by atoms with Gasteiger partial charge in [-0.25, -0.2) is 4.39 Å². The molecule has 0 aliphatic heterocycles. The minimum Gasteiger partial charge on any atom is -0.352 e. The molecule has 0 aliphatic rings. The maximum absolute atomic E-state index is 13.4. The number of carbonyl (C=O) groups is 1. The van der Waals surface area contributed by atoms with E-state index in [1.807, 2.05) is 18.2 Å². The second-order valence-electron chi connectivity index (χ2n) is 8.65. The van der Waals surface area contributed by atoms with Crippen molar-refractivity contribution in [3.8, 4) is 0 Å². The van der Waals surface area contributed by atoms with Crippen molar-refractivity contribution < 1.29 is 9.18 Å². The predicted octanol–water partition coefficient (Wildman–Crippen LogP) is 5.94. The molecule has 1 N–H and O–H groups in total. The molecule has 1 amide bonds. The lowest BCUT2D eigenvalue weighted by Crippen LogP contribution is -2.34. The summed E-state index contributed by atoms with van der Waals surface area (Å²) in [6.07, 6.45) is 0.525. The van der Waals surface area contributed by atoms with Crippen LogP contribution in [0.4, 0.5) is 4.39 Å². The third-order valence-corrected chi connectivity index (χ3v) is 6.26. The molecule has 0 unspecified atom stereocenters. The molecule has 0 aliphatic carbocycles. The topological polar surface area (TPSA) is 51.1 Å². The molecule has 1 heterocycles. The molecule has 3 aromatic carbocycles. The SMILES string of the molecule is CC(C)c1ccc(Cn2c(=O)c(C(=O)NCCc3ccc(F)cc3)cc3c(Cl)cccc32)cc1. The third-order valence-electron chi connectivity index (χ3n) is 5.93. The van der Waals surface area contributed by atoms with Crippen LogP contribution in [0.2, 0.25) is 5.02 Å². The first kappa shape index (κ1) is 23.7. The Morgan fingerprint density at radius 1 is 1.00 bits per heavy atom. The van der Waals surface area contributed by atoms with E-state index >= 15 is 0 Å². The van der Waals surface area contributed by atoms with E-state index in [4.69, 9.17) is 11.6 Å². The Morgan fingerprint density at radius 2 is 1.68 bits per heavy atom. The van der Waals surface area contributed by atoms with E-state index in [0.29, 0.717) is 41.4 Å². The summed E-state index contributed by atoms with van der Waals surface area (Å²) >= 11 is 6.44. The standard InChI is InChI=1S/C28H26ClFN2O2/c1-18(2)21-10-6-20(7-11-21)17-32-26-5-3-4-25(29)23(26)16-24(28(32)34)27(33)31-15-14-19-8-12-22(30)13-9-19/h3-13,16,18H,14-15,17H2,1-2H3,(H,31,33). The van der Waals surface area contributed by atoms with Gasteiger partial charge in [0.1, 0.15) is 11.4 Å². The number of hydrogen-bond donors (Lipinski definition) is 1. The van der Waals surface area contributed by atoms with Gasteiger partial charge in [-0.05, 0) is 59.4 Å². The monoisotopic (exact) mass is 476 g/mol. The summed E-state index contributed by atoms with van der Waals surface area (Å²) in [6, 6.07) is 21.2. The summed E-state index contributed by atoms with van der Waals surface area (Å²) in [5, 5.41) is 3.93. The molecule has 0 saturated heterocycles. The zero-order chi connectivity index (χ0) is 24.2. The summed E-state index contributed by atoms with van der Waals surface area (Å²) in [5.74, 6) is -0.351. The highest BCUT2D eigenvalue weighted by atomic mass is 35.5. The minimum atomic E-state index is -0.460. The molecule has 174 valence electrons. The summed E-state index contributed by atoms with van der Waals surface area (Å²) < 4.78 is 14.7. The highest BCUT2D eigenvalue weighted by Gasteiger charge is 2.17. The zero-order valence-electron chi connectivity index (χ0n) is 19.1. The van der Waals surface area contributed by atoms with E-state index in [1.54, 1.807) is 34.9 Å². The van der Waals surface area contributed by atoms with E-state index in [2.05, 4.69) is 31.3 Å². The van der Waals surface area contributed by atoms with Gasteiger partial charge in [0, 0.05) is 17.0 Å². The minimum absolute atomic E-state index is 0.0403. The van der Waals surface area contributed by atoms with Gasteiger partial charge in [-0.15, -0.1) is 0 Å². The summed E-state index contributed by atoms with van der Waals surface area (Å²) in [5.41, 5.74) is 3.42. The van der Waals surface area contributed by atoms with Crippen molar-refractivity contribution in [3.63, 3.8) is 0 Å². The normalized spacial score (nSPS) is 11.2. The number of halogens is 2. The Bertz CT molecular complexity index is 1380. The van der Waals surface area contributed by atoms with Crippen LogP contribution in [0.3, 0.4) is 0 Å². The second kappa shape index (κ2) is 10.2. The zero-order valence-corrected chi connectivity index (χ0v) is 19.9. The molecule has 0 fully saturated rings. The first-order valence-corrected chi connectivity index (χ1v) is 11.6. The number of nitrogens with zero attached hydrogens (tertiary/aromatic N) is 1. The molecular weight excluding hydrogens is 451 g/mol. The molecule has 34 heavy (non-hydrogen) atoms. The number of hydrogen-bond acceptors (Lipinski definition) is 2. The molecule has 1 aromatic heterocycles. The smallest absolute Gasteiger partial charge is 0.264 e. The van der Waals surface area contributed by atoms with Crippen LogP contribution in [0.25, 0.3) is 10.9 Å². The average molecular weight is 477 g/mol. The van der Waals surface area contributed by atoms with Crippen molar-refractivity contribution in [2.45, 2.75) is 32.7 Å². The second-order valence-corrected chi connectivity index (χ2v) is 9.06. The van der Waals surface area contributed by atoms with Gasteiger partial charge in [0.25, 0.3) is 11.5 Å². The number of aromatic nitrogens is 1. The maximum atomic E-state index is 13.4. The van der Waals surface area contributed by atoms with Crippen molar-refractivity contribution in [2.75, 3.05) is 6.54 Å². The van der Waals surface area contributed by atoms with E-state index in [9.17, 15) is 14.0 Å². The van der Waals surface area contributed by atoms with Crippen LogP contribution in [-0.4, -0.2) is 17.0 Å². The molecule has 4 nitrogen and oxygen atoms in total. The van der Waals surface area contributed by atoms with Crippen molar-refractivity contribution in [3.05, 3.63) is 116 Å². The first-order valence-electron chi connectivity index (χ1n) is 11.3. The fraction of sp³-hybridized carbons (Fsp3) is 0.214. The number of amides is 1. The van der Waals surface area contributed by atoms with Crippen molar-refractivity contribution in [1.29, 1.82) is 0 Å². The highest BCUT2D eigenvalue weighted by Crippen LogP contribution is 2.24. The molecular formula is C28H26ClFN2O2. The van der Waals surface area contributed by atoms with E-state index in [1.165, 1.54) is 17.7 Å². The Labute approximate surface area is 203 Å². The van der Waals surface area contributed by atoms with E-state index in [-0.39, 0.29) is 16.9 Å². The van der Waals surface area contributed by atoms with Gasteiger partial charge in [0.15, 0.2) is 0 Å². The molecule has 0 spiro atoms. The largest absolute Gasteiger partial charge is 0.352 e. The van der Waals surface area contributed by atoms with Gasteiger partial charge >= 0.3 is 0 Å². The number of carbonyl (C=O) groups excluding carboxylic acids is 1. The molecule has 4 aromatic rings. The van der Waals surface area contributed by atoms with Crippen LogP contribution < -0.4 is 10.9 Å². The van der Waals surface area contributed by atoms with Crippen molar-refractivity contribution in [1.82, 2.24) is 9.88 Å². The fourth-order valence-corrected chi connectivity index (χ4v) is 4.17. The Kier molecular flexibility index (Phi) is 7.13. The van der Waals surface area contributed by atoms with Crippen LogP contribution in [0.1, 0.15) is 46.8 Å². The van der Waals surface area contributed by atoms with Crippen molar-refractivity contribution >= 4 is 28.4 Å². The van der Waals surface area contributed by atoms with Gasteiger partial charge in [0.05, 0.1) is 12.1 Å². The Hall–Kier alpha value is -3.44. The van der Waals surface area contributed by atoms with Gasteiger partial charge in [-0.1, -0.05) is 67.9 Å². The van der Waals surface area contributed by atoms with Gasteiger partial charge in [-0.2, -0.15) is 0 Å². The van der Waals surface area contributed by atoms with E-state index in [0.717, 1.165) is 11.1 Å². The summed E-state index contributed by atoms with van der Waals surface area (Å²) in [6.45, 7) is 4.91. The quantitative estimate of drug-likeness (QED) is 0.359. The van der Waals surface area contributed by atoms with Crippen LogP contribution in [0.15, 0.2) is 77.6 Å². The lowest BCUT2D eigenvalue weighted by atomic mass is 10.0. The highest BCUT2D eigenvalue weighted by molar-refractivity contribution is 6.35.